The van der Waals surface area contributed by atoms with Gasteiger partial charge < -0.3 is 9.47 Å². The summed E-state index contributed by atoms with van der Waals surface area (Å²) in [7, 11) is 1.65. The van der Waals surface area contributed by atoms with Crippen molar-refractivity contribution in [2.24, 2.45) is 0 Å². The third kappa shape index (κ3) is 2.57. The summed E-state index contributed by atoms with van der Waals surface area (Å²) in [5.74, 6) is 0.214. The van der Waals surface area contributed by atoms with Gasteiger partial charge in [0.2, 0.25) is 0 Å². The fourth-order valence-corrected chi connectivity index (χ4v) is 3.08. The Morgan fingerprint density at radius 2 is 2.12 bits per heavy atom. The molecule has 1 aromatic carbocycles. The first kappa shape index (κ1) is 12.3. The van der Waals surface area contributed by atoms with Gasteiger partial charge in [-0.2, -0.15) is 0 Å². The van der Waals surface area contributed by atoms with Crippen LogP contribution in [0.5, 0.6) is 5.75 Å². The van der Waals surface area contributed by atoms with Crippen LogP contribution in [0, 0.1) is 5.82 Å². The summed E-state index contributed by atoms with van der Waals surface area (Å²) in [5.41, 5.74) is 0. The van der Waals surface area contributed by atoms with Crippen molar-refractivity contribution < 1.29 is 13.9 Å². The number of halogens is 3. The lowest BCUT2D eigenvalue weighted by atomic mass is 9.91. The summed E-state index contributed by atoms with van der Waals surface area (Å²) in [6.45, 7) is 0. The van der Waals surface area contributed by atoms with Gasteiger partial charge in [-0.3, -0.25) is 0 Å². The summed E-state index contributed by atoms with van der Waals surface area (Å²) in [6.07, 6.45) is 0.886. The Bertz CT molecular complexity index is 366. The Morgan fingerprint density at radius 3 is 2.69 bits per heavy atom. The van der Waals surface area contributed by atoms with Crippen LogP contribution in [0.1, 0.15) is 6.42 Å². The van der Waals surface area contributed by atoms with Gasteiger partial charge in [0, 0.05) is 28.9 Å². The van der Waals surface area contributed by atoms with E-state index < -0.39 is 0 Å². The number of rotatable bonds is 3. The molecule has 0 bridgehead atoms. The predicted molar refractivity (Wildman–Crippen MR) is 66.6 cm³/mol. The topological polar surface area (TPSA) is 18.5 Å². The first-order valence-corrected chi connectivity index (χ1v) is 6.60. The number of benzene rings is 1. The molecule has 0 saturated heterocycles. The molecule has 88 valence electrons. The number of alkyl halides is 1. The fourth-order valence-electron chi connectivity index (χ4n) is 1.71. The Balaban J connectivity index is 2.04. The highest BCUT2D eigenvalue weighted by Crippen LogP contribution is 2.34. The molecule has 1 aromatic rings. The number of hydrogen-bond donors (Lipinski definition) is 0. The van der Waals surface area contributed by atoms with E-state index in [0.717, 1.165) is 6.42 Å². The standard InChI is InChI=1S/C11H11Br2FO2/c1-15-11-9(13)5-10(11)16-8-3-6(12)2-7(14)4-8/h2-4,9-11H,5H2,1H3. The molecular weight excluding hydrogens is 343 g/mol. The van der Waals surface area contributed by atoms with E-state index in [-0.39, 0.29) is 18.0 Å². The largest absolute Gasteiger partial charge is 0.487 e. The van der Waals surface area contributed by atoms with Crippen LogP contribution in [0.3, 0.4) is 0 Å². The summed E-state index contributed by atoms with van der Waals surface area (Å²) in [6, 6.07) is 4.52. The third-order valence-electron chi connectivity index (χ3n) is 2.58. The molecule has 0 aromatic heterocycles. The van der Waals surface area contributed by atoms with Crippen LogP contribution in [-0.4, -0.2) is 24.1 Å². The van der Waals surface area contributed by atoms with Gasteiger partial charge in [0.15, 0.2) is 0 Å². The number of hydrogen-bond acceptors (Lipinski definition) is 2. The van der Waals surface area contributed by atoms with E-state index >= 15 is 0 Å². The fraction of sp³-hybridized carbons (Fsp3) is 0.455. The van der Waals surface area contributed by atoms with E-state index in [1.54, 1.807) is 13.2 Å². The highest BCUT2D eigenvalue weighted by molar-refractivity contribution is 9.10. The average molecular weight is 354 g/mol. The molecule has 1 aliphatic carbocycles. The Labute approximate surface area is 110 Å². The van der Waals surface area contributed by atoms with Crippen LogP contribution in [0.15, 0.2) is 22.7 Å². The van der Waals surface area contributed by atoms with Crippen LogP contribution >= 0.6 is 31.9 Å². The second-order valence-electron chi connectivity index (χ2n) is 3.71. The van der Waals surface area contributed by atoms with Crippen LogP contribution in [0.25, 0.3) is 0 Å². The molecule has 0 radical (unpaired) electrons. The quantitative estimate of drug-likeness (QED) is 0.774. The second-order valence-corrected chi connectivity index (χ2v) is 5.81. The van der Waals surface area contributed by atoms with Crippen molar-refractivity contribution in [3.63, 3.8) is 0 Å². The predicted octanol–water partition coefficient (Wildman–Crippen LogP) is 3.52. The van der Waals surface area contributed by atoms with Crippen LogP contribution in [0.2, 0.25) is 0 Å². The van der Waals surface area contributed by atoms with Gasteiger partial charge in [-0.25, -0.2) is 4.39 Å². The number of ether oxygens (including phenoxy) is 2. The smallest absolute Gasteiger partial charge is 0.128 e. The molecule has 3 atom stereocenters. The zero-order chi connectivity index (χ0) is 11.7. The van der Waals surface area contributed by atoms with Gasteiger partial charge >= 0.3 is 0 Å². The lowest BCUT2D eigenvalue weighted by Gasteiger charge is -2.40. The number of methoxy groups -OCH3 is 1. The van der Waals surface area contributed by atoms with E-state index in [4.69, 9.17) is 9.47 Å². The Morgan fingerprint density at radius 1 is 1.38 bits per heavy atom. The minimum absolute atomic E-state index is 0.0110. The summed E-state index contributed by atoms with van der Waals surface area (Å²) in [4.78, 5) is 0.319. The van der Waals surface area contributed by atoms with Crippen molar-refractivity contribution in [3.8, 4) is 5.75 Å². The molecule has 0 N–H and O–H groups in total. The van der Waals surface area contributed by atoms with E-state index in [9.17, 15) is 4.39 Å². The molecular formula is C11H11Br2FO2. The summed E-state index contributed by atoms with van der Waals surface area (Å²) >= 11 is 6.71. The van der Waals surface area contributed by atoms with E-state index in [0.29, 0.717) is 15.0 Å². The van der Waals surface area contributed by atoms with E-state index in [1.807, 2.05) is 0 Å². The second kappa shape index (κ2) is 5.02. The lowest BCUT2D eigenvalue weighted by molar-refractivity contribution is -0.0546. The van der Waals surface area contributed by atoms with Gasteiger partial charge in [-0.05, 0) is 12.1 Å². The van der Waals surface area contributed by atoms with Crippen molar-refractivity contribution in [1.82, 2.24) is 0 Å². The Kier molecular flexibility index (Phi) is 3.87. The molecule has 16 heavy (non-hydrogen) atoms. The molecule has 1 saturated carbocycles. The molecule has 0 heterocycles. The van der Waals surface area contributed by atoms with Crippen molar-refractivity contribution >= 4 is 31.9 Å². The molecule has 1 aliphatic rings. The first-order valence-electron chi connectivity index (χ1n) is 4.90. The first-order chi connectivity index (χ1) is 7.60. The van der Waals surface area contributed by atoms with Gasteiger partial charge in [-0.15, -0.1) is 0 Å². The molecule has 1 fully saturated rings. The van der Waals surface area contributed by atoms with Gasteiger partial charge in [-0.1, -0.05) is 31.9 Å². The minimum atomic E-state index is -0.312. The monoisotopic (exact) mass is 352 g/mol. The van der Waals surface area contributed by atoms with Crippen molar-refractivity contribution in [2.75, 3.05) is 7.11 Å². The van der Waals surface area contributed by atoms with Gasteiger partial charge in [0.05, 0.1) is 0 Å². The normalized spacial score (nSPS) is 28.6. The zero-order valence-electron chi connectivity index (χ0n) is 8.62. The molecule has 3 unspecified atom stereocenters. The SMILES string of the molecule is COC1C(Br)CC1Oc1cc(F)cc(Br)c1. The molecule has 0 amide bonds. The van der Waals surface area contributed by atoms with Crippen molar-refractivity contribution in [1.29, 1.82) is 0 Å². The maximum absolute atomic E-state index is 13.1. The third-order valence-corrected chi connectivity index (χ3v) is 3.93. The minimum Gasteiger partial charge on any atom is -0.487 e. The Hall–Kier alpha value is -0.130. The van der Waals surface area contributed by atoms with Crippen LogP contribution in [0.4, 0.5) is 4.39 Å². The van der Waals surface area contributed by atoms with E-state index in [2.05, 4.69) is 31.9 Å². The van der Waals surface area contributed by atoms with Crippen LogP contribution < -0.4 is 4.74 Å². The summed E-state index contributed by atoms with van der Waals surface area (Å²) < 4.78 is 24.7. The van der Waals surface area contributed by atoms with Crippen molar-refractivity contribution in [2.45, 2.75) is 23.5 Å². The molecule has 0 aliphatic heterocycles. The average Bonchev–Trinajstić information content (AvgIpc) is 2.15. The zero-order valence-corrected chi connectivity index (χ0v) is 11.8. The van der Waals surface area contributed by atoms with Crippen molar-refractivity contribution in [3.05, 3.63) is 28.5 Å². The highest BCUT2D eigenvalue weighted by Gasteiger charge is 2.41. The van der Waals surface area contributed by atoms with Gasteiger partial charge in [0.25, 0.3) is 0 Å². The van der Waals surface area contributed by atoms with Crippen LogP contribution in [-0.2, 0) is 4.74 Å². The molecule has 0 spiro atoms. The molecule has 2 rings (SSSR count). The molecule has 5 heteroatoms. The highest BCUT2D eigenvalue weighted by atomic mass is 79.9. The van der Waals surface area contributed by atoms with Gasteiger partial charge in [0.1, 0.15) is 23.8 Å². The molecule has 2 nitrogen and oxygen atoms in total. The van der Waals surface area contributed by atoms with E-state index in [1.165, 1.54) is 12.1 Å². The maximum atomic E-state index is 13.1. The summed E-state index contributed by atoms with van der Waals surface area (Å²) in [5, 5.41) is 0. The lowest BCUT2D eigenvalue weighted by Crippen LogP contribution is -2.51. The maximum Gasteiger partial charge on any atom is 0.128 e.